The molecule has 3 rings (SSSR count). The summed E-state index contributed by atoms with van der Waals surface area (Å²) in [7, 11) is -3.38. The van der Waals surface area contributed by atoms with Crippen LogP contribution >= 0.6 is 0 Å². The maximum atomic E-state index is 12.4. The van der Waals surface area contributed by atoms with Crippen LogP contribution in [0.15, 0.2) is 42.5 Å². The highest BCUT2D eigenvalue weighted by molar-refractivity contribution is 7.92. The summed E-state index contributed by atoms with van der Waals surface area (Å²) >= 11 is 0. The van der Waals surface area contributed by atoms with E-state index in [2.05, 4.69) is 0 Å². The van der Waals surface area contributed by atoms with Gasteiger partial charge in [-0.1, -0.05) is 6.92 Å². The molecule has 170 valence electrons. The molecule has 0 spiro atoms. The molecular weight excluding hydrogens is 434 g/mol. The molecule has 0 aromatic heterocycles. The summed E-state index contributed by atoms with van der Waals surface area (Å²) in [6.45, 7) is 1.37. The van der Waals surface area contributed by atoms with Crippen molar-refractivity contribution in [2.45, 2.75) is 26.2 Å². The van der Waals surface area contributed by atoms with Crippen LogP contribution in [0.1, 0.15) is 46.0 Å². The molecule has 0 fully saturated rings. The van der Waals surface area contributed by atoms with Gasteiger partial charge in [0.05, 0.1) is 11.9 Å². The Labute approximate surface area is 187 Å². The molecule has 32 heavy (non-hydrogen) atoms. The van der Waals surface area contributed by atoms with Crippen molar-refractivity contribution in [2.24, 2.45) is 0 Å². The number of carbonyl (C=O) groups is 3. The number of sulfonamides is 1. The van der Waals surface area contributed by atoms with E-state index in [4.69, 9.17) is 9.47 Å². The lowest BCUT2D eigenvalue weighted by molar-refractivity contribution is -0.144. The van der Waals surface area contributed by atoms with Gasteiger partial charge in [0.1, 0.15) is 5.75 Å². The summed E-state index contributed by atoms with van der Waals surface area (Å²) in [6, 6.07) is 11.2. The van der Waals surface area contributed by atoms with E-state index in [1.807, 2.05) is 0 Å². The Bertz CT molecular complexity index is 1120. The molecule has 1 heterocycles. The van der Waals surface area contributed by atoms with E-state index in [0.717, 1.165) is 11.8 Å². The quantitative estimate of drug-likeness (QED) is 0.419. The first kappa shape index (κ1) is 23.5. The average molecular weight is 460 g/mol. The zero-order valence-corrected chi connectivity index (χ0v) is 18.8. The van der Waals surface area contributed by atoms with Gasteiger partial charge in [0.25, 0.3) is 0 Å². The molecule has 9 heteroatoms. The lowest BCUT2D eigenvalue weighted by Gasteiger charge is -2.29. The largest absolute Gasteiger partial charge is 0.482 e. The van der Waals surface area contributed by atoms with Gasteiger partial charge in [0.2, 0.25) is 10.0 Å². The number of ether oxygens (including phenoxy) is 2. The Balaban J connectivity index is 1.53. The lowest BCUT2D eigenvalue weighted by Crippen LogP contribution is -2.34. The third-order valence-corrected chi connectivity index (χ3v) is 6.28. The molecule has 0 saturated heterocycles. The monoisotopic (exact) mass is 459 g/mol. The highest BCUT2D eigenvalue weighted by atomic mass is 32.2. The third kappa shape index (κ3) is 5.73. The van der Waals surface area contributed by atoms with Crippen LogP contribution < -0.4 is 9.04 Å². The number of ketones is 2. The molecule has 0 unspecified atom stereocenters. The van der Waals surface area contributed by atoms with Crippen LogP contribution in [0.2, 0.25) is 0 Å². The van der Waals surface area contributed by atoms with Gasteiger partial charge in [-0.15, -0.1) is 0 Å². The summed E-state index contributed by atoms with van der Waals surface area (Å²) < 4.78 is 35.6. The van der Waals surface area contributed by atoms with E-state index >= 15 is 0 Å². The van der Waals surface area contributed by atoms with E-state index in [1.165, 1.54) is 10.4 Å². The fraction of sp³-hybridized carbons (Fsp3) is 0.348. The number of benzene rings is 2. The molecule has 0 radical (unpaired) electrons. The number of aryl methyl sites for hydroxylation is 1. The topological polar surface area (TPSA) is 107 Å². The predicted molar refractivity (Wildman–Crippen MR) is 119 cm³/mol. The molecule has 8 nitrogen and oxygen atoms in total. The maximum absolute atomic E-state index is 12.4. The molecule has 0 amide bonds. The molecule has 2 aromatic carbocycles. The third-order valence-electron chi connectivity index (χ3n) is 5.10. The molecule has 0 saturated carbocycles. The average Bonchev–Trinajstić information content (AvgIpc) is 2.79. The van der Waals surface area contributed by atoms with Gasteiger partial charge in [-0.25, -0.2) is 13.2 Å². The fourth-order valence-electron chi connectivity index (χ4n) is 3.44. The van der Waals surface area contributed by atoms with Crippen molar-refractivity contribution in [3.63, 3.8) is 0 Å². The Kier molecular flexibility index (Phi) is 7.29. The van der Waals surface area contributed by atoms with Crippen molar-refractivity contribution in [3.05, 3.63) is 59.2 Å². The number of Topliss-reactive ketones (excluding diaryl/α,β-unsaturated/α-hetero) is 2. The first-order chi connectivity index (χ1) is 15.2. The minimum atomic E-state index is -3.38. The van der Waals surface area contributed by atoms with E-state index in [9.17, 15) is 22.8 Å². The number of hydrogen-bond donors (Lipinski definition) is 0. The molecule has 1 aliphatic rings. The summed E-state index contributed by atoms with van der Waals surface area (Å²) in [6.07, 6.45) is 2.89. The summed E-state index contributed by atoms with van der Waals surface area (Å²) in [5.41, 5.74) is 2.27. The number of nitrogens with zero attached hydrogens (tertiary/aromatic N) is 1. The first-order valence-corrected chi connectivity index (χ1v) is 12.1. The standard InChI is InChI=1S/C23H25NO7S/c1-3-21(25)16-6-9-19(10-7-16)30-15-23(27)31-14-22(26)18-8-11-20-17(13-18)5-4-12-24(20)32(2,28)29/h6-11,13H,3-5,12,14-15H2,1-2H3. The molecule has 1 aliphatic heterocycles. The van der Waals surface area contributed by atoms with Gasteiger partial charge >= 0.3 is 5.97 Å². The Morgan fingerprint density at radius 1 is 0.969 bits per heavy atom. The van der Waals surface area contributed by atoms with Gasteiger partial charge in [0, 0.05) is 24.1 Å². The summed E-state index contributed by atoms with van der Waals surface area (Å²) in [5.74, 6) is -0.667. The van der Waals surface area contributed by atoms with Crippen molar-refractivity contribution in [3.8, 4) is 5.75 Å². The second-order valence-electron chi connectivity index (χ2n) is 7.46. The summed E-state index contributed by atoms with van der Waals surface area (Å²) in [5, 5.41) is 0. The number of hydrogen-bond acceptors (Lipinski definition) is 7. The van der Waals surface area contributed by atoms with E-state index < -0.39 is 22.6 Å². The predicted octanol–water partition coefficient (Wildman–Crippen LogP) is 2.80. The van der Waals surface area contributed by atoms with Crippen molar-refractivity contribution in [1.82, 2.24) is 0 Å². The van der Waals surface area contributed by atoms with E-state index in [-0.39, 0.29) is 18.2 Å². The molecular formula is C23H25NO7S. The first-order valence-electron chi connectivity index (χ1n) is 10.2. The molecule has 0 aliphatic carbocycles. The van der Waals surface area contributed by atoms with Gasteiger partial charge < -0.3 is 9.47 Å². The van der Waals surface area contributed by atoms with Crippen molar-refractivity contribution < 1.29 is 32.3 Å². The molecule has 2 aromatic rings. The minimum Gasteiger partial charge on any atom is -0.482 e. The maximum Gasteiger partial charge on any atom is 0.344 e. The van der Waals surface area contributed by atoms with Crippen molar-refractivity contribution in [1.29, 1.82) is 0 Å². The van der Waals surface area contributed by atoms with Crippen LogP contribution in [-0.2, 0) is 26.0 Å². The number of rotatable bonds is 9. The number of carbonyl (C=O) groups excluding carboxylic acids is 3. The van der Waals surface area contributed by atoms with Crippen molar-refractivity contribution in [2.75, 3.05) is 30.3 Å². The second-order valence-corrected chi connectivity index (χ2v) is 9.36. The van der Waals surface area contributed by atoms with Crippen LogP contribution in [0.4, 0.5) is 5.69 Å². The normalized spacial score (nSPS) is 13.2. The SMILES string of the molecule is CCC(=O)c1ccc(OCC(=O)OCC(=O)c2ccc3c(c2)CCCN3S(C)(=O)=O)cc1. The number of esters is 1. The smallest absolute Gasteiger partial charge is 0.344 e. The Hall–Kier alpha value is -3.20. The van der Waals surface area contributed by atoms with Gasteiger partial charge in [-0.3, -0.25) is 13.9 Å². The van der Waals surface area contributed by atoms with Crippen LogP contribution in [-0.4, -0.2) is 52.0 Å². The van der Waals surface area contributed by atoms with Crippen LogP contribution in [0.25, 0.3) is 0 Å². The zero-order chi connectivity index (χ0) is 23.3. The highest BCUT2D eigenvalue weighted by Gasteiger charge is 2.24. The lowest BCUT2D eigenvalue weighted by atomic mass is 9.99. The molecule has 0 bridgehead atoms. The van der Waals surface area contributed by atoms with Crippen LogP contribution in [0, 0.1) is 0 Å². The molecule has 0 N–H and O–H groups in total. The van der Waals surface area contributed by atoms with Crippen LogP contribution in [0.5, 0.6) is 5.75 Å². The van der Waals surface area contributed by atoms with E-state index in [0.29, 0.717) is 48.4 Å². The number of fused-ring (bicyclic) bond motifs is 1. The fourth-order valence-corrected chi connectivity index (χ4v) is 4.43. The van der Waals surface area contributed by atoms with Gasteiger partial charge in [-0.2, -0.15) is 0 Å². The highest BCUT2D eigenvalue weighted by Crippen LogP contribution is 2.30. The Morgan fingerprint density at radius 3 is 2.31 bits per heavy atom. The van der Waals surface area contributed by atoms with Crippen LogP contribution in [0.3, 0.4) is 0 Å². The van der Waals surface area contributed by atoms with Gasteiger partial charge in [0.15, 0.2) is 24.8 Å². The van der Waals surface area contributed by atoms with Gasteiger partial charge in [-0.05, 0) is 60.9 Å². The van der Waals surface area contributed by atoms with E-state index in [1.54, 1.807) is 43.3 Å². The van der Waals surface area contributed by atoms with Crippen molar-refractivity contribution >= 4 is 33.2 Å². The molecule has 0 atom stereocenters. The number of anilines is 1. The second kappa shape index (κ2) is 9.95. The summed E-state index contributed by atoms with van der Waals surface area (Å²) in [4.78, 5) is 36.0. The zero-order valence-electron chi connectivity index (χ0n) is 18.0. The Morgan fingerprint density at radius 2 is 1.66 bits per heavy atom. The minimum absolute atomic E-state index is 0.0145.